The summed E-state index contributed by atoms with van der Waals surface area (Å²) in [6.07, 6.45) is 3.97. The number of nitrogens with zero attached hydrogens (tertiary/aromatic N) is 1. The van der Waals surface area contributed by atoms with E-state index in [0.29, 0.717) is 31.6 Å². The zero-order valence-corrected chi connectivity index (χ0v) is 16.5. The third-order valence-corrected chi connectivity index (χ3v) is 6.62. The number of carboxylic acid groups (broad SMARTS) is 1. The molecule has 0 bridgehead atoms. The van der Waals surface area contributed by atoms with Gasteiger partial charge in [-0.3, -0.25) is 9.59 Å². The Balaban J connectivity index is 1.39. The Kier molecular flexibility index (Phi) is 5.53. The number of rotatable bonds is 6. The van der Waals surface area contributed by atoms with Gasteiger partial charge in [-0.15, -0.1) is 11.3 Å². The first-order chi connectivity index (χ1) is 13.6. The second-order valence-corrected chi connectivity index (χ2v) is 8.75. The molecule has 0 saturated heterocycles. The van der Waals surface area contributed by atoms with Crippen LogP contribution in [0, 0.1) is 11.8 Å². The maximum Gasteiger partial charge on any atom is 0.306 e. The molecule has 1 aromatic heterocycles. The van der Waals surface area contributed by atoms with Crippen molar-refractivity contribution in [3.05, 3.63) is 53.5 Å². The first kappa shape index (κ1) is 18.8. The number of carboxylic acids is 1. The second kappa shape index (κ2) is 8.23. The molecule has 4 rings (SSSR count). The highest BCUT2D eigenvalue weighted by Gasteiger charge is 2.27. The summed E-state index contributed by atoms with van der Waals surface area (Å²) in [6.45, 7) is 0. The fourth-order valence-corrected chi connectivity index (χ4v) is 5.07. The van der Waals surface area contributed by atoms with Crippen molar-refractivity contribution in [2.45, 2.75) is 38.5 Å². The highest BCUT2D eigenvalue weighted by atomic mass is 32.1. The summed E-state index contributed by atoms with van der Waals surface area (Å²) in [6, 6.07) is 16.5. The molecule has 1 heterocycles. The number of hydrogen-bond acceptors (Lipinski definition) is 4. The van der Waals surface area contributed by atoms with Gasteiger partial charge in [-0.25, -0.2) is 4.98 Å². The number of hydrogen-bond donors (Lipinski definition) is 1. The van der Waals surface area contributed by atoms with Crippen LogP contribution in [0.5, 0.6) is 0 Å². The standard InChI is InChI=1S/C23H23NO3S/c25-19(12-15-6-8-17(9-7-15)23(26)27)14-22-24-20-11-10-18(13-21(20)28-22)16-4-2-1-3-5-16/h1-5,10-11,13,15,17H,6-9,12,14H2,(H,26,27). The lowest BCUT2D eigenvalue weighted by atomic mass is 9.79. The summed E-state index contributed by atoms with van der Waals surface area (Å²) in [5, 5.41) is 9.95. The van der Waals surface area contributed by atoms with Crippen LogP contribution in [-0.2, 0) is 16.0 Å². The molecule has 28 heavy (non-hydrogen) atoms. The van der Waals surface area contributed by atoms with Crippen molar-refractivity contribution in [2.75, 3.05) is 0 Å². The number of aliphatic carboxylic acids is 1. The largest absolute Gasteiger partial charge is 0.481 e. The van der Waals surface area contributed by atoms with E-state index in [1.807, 2.05) is 24.3 Å². The first-order valence-electron chi connectivity index (χ1n) is 9.78. The van der Waals surface area contributed by atoms with Gasteiger partial charge in [0.25, 0.3) is 0 Å². The van der Waals surface area contributed by atoms with Crippen LogP contribution in [0.2, 0.25) is 0 Å². The van der Waals surface area contributed by atoms with Gasteiger partial charge >= 0.3 is 5.97 Å². The van der Waals surface area contributed by atoms with Crippen LogP contribution in [0.1, 0.15) is 37.1 Å². The average Bonchev–Trinajstić information content (AvgIpc) is 3.10. The van der Waals surface area contributed by atoms with Crippen molar-refractivity contribution >= 4 is 33.3 Å². The van der Waals surface area contributed by atoms with Crippen LogP contribution in [0.4, 0.5) is 0 Å². The predicted octanol–water partition coefficient (Wildman–Crippen LogP) is 5.36. The summed E-state index contributed by atoms with van der Waals surface area (Å²) < 4.78 is 1.10. The number of ketones is 1. The normalized spacial score (nSPS) is 19.6. The molecule has 1 N–H and O–H groups in total. The molecule has 4 nitrogen and oxygen atoms in total. The number of carbonyl (C=O) groups is 2. The van der Waals surface area contributed by atoms with Gasteiger partial charge in [0.1, 0.15) is 10.8 Å². The lowest BCUT2D eigenvalue weighted by Gasteiger charge is -2.25. The van der Waals surface area contributed by atoms with Crippen LogP contribution in [0.15, 0.2) is 48.5 Å². The van der Waals surface area contributed by atoms with Crippen molar-refractivity contribution < 1.29 is 14.7 Å². The highest BCUT2D eigenvalue weighted by molar-refractivity contribution is 7.18. The Morgan fingerprint density at radius 2 is 1.75 bits per heavy atom. The minimum atomic E-state index is -0.700. The van der Waals surface area contributed by atoms with E-state index in [2.05, 4.69) is 29.2 Å². The van der Waals surface area contributed by atoms with Gasteiger partial charge in [-0.1, -0.05) is 36.4 Å². The minimum absolute atomic E-state index is 0.209. The van der Waals surface area contributed by atoms with E-state index in [0.717, 1.165) is 33.6 Å². The van der Waals surface area contributed by atoms with E-state index >= 15 is 0 Å². The topological polar surface area (TPSA) is 67.3 Å². The molecule has 144 valence electrons. The van der Waals surface area contributed by atoms with Crippen molar-refractivity contribution in [2.24, 2.45) is 11.8 Å². The number of thiazole rings is 1. The Hall–Kier alpha value is -2.53. The molecule has 2 aromatic carbocycles. The Labute approximate surface area is 168 Å². The molecule has 1 saturated carbocycles. The quantitative estimate of drug-likeness (QED) is 0.612. The van der Waals surface area contributed by atoms with Gasteiger partial charge in [-0.2, -0.15) is 0 Å². The molecule has 0 atom stereocenters. The number of fused-ring (bicyclic) bond motifs is 1. The molecule has 0 unspecified atom stereocenters. The summed E-state index contributed by atoms with van der Waals surface area (Å²) in [4.78, 5) is 28.2. The molecule has 1 aliphatic carbocycles. The number of aromatic nitrogens is 1. The smallest absolute Gasteiger partial charge is 0.306 e. The molecule has 1 fully saturated rings. The Morgan fingerprint density at radius 1 is 1.00 bits per heavy atom. The summed E-state index contributed by atoms with van der Waals surface area (Å²) in [5.74, 6) is -0.396. The van der Waals surface area contributed by atoms with Crippen molar-refractivity contribution in [1.82, 2.24) is 4.98 Å². The molecule has 3 aromatic rings. The van der Waals surface area contributed by atoms with E-state index in [-0.39, 0.29) is 11.7 Å². The fraction of sp³-hybridized carbons (Fsp3) is 0.348. The number of carbonyl (C=O) groups excluding carboxylic acids is 1. The lowest BCUT2D eigenvalue weighted by molar-refractivity contribution is -0.143. The van der Waals surface area contributed by atoms with Crippen molar-refractivity contribution in [3.63, 3.8) is 0 Å². The van der Waals surface area contributed by atoms with E-state index in [4.69, 9.17) is 5.11 Å². The summed E-state index contributed by atoms with van der Waals surface area (Å²) in [5.41, 5.74) is 3.27. The molecule has 5 heteroatoms. The van der Waals surface area contributed by atoms with Crippen LogP contribution >= 0.6 is 11.3 Å². The maximum absolute atomic E-state index is 12.5. The molecule has 0 radical (unpaired) electrons. The van der Waals surface area contributed by atoms with Crippen LogP contribution in [0.25, 0.3) is 21.3 Å². The second-order valence-electron chi connectivity index (χ2n) is 7.63. The van der Waals surface area contributed by atoms with Crippen molar-refractivity contribution in [3.8, 4) is 11.1 Å². The van der Waals surface area contributed by atoms with E-state index in [9.17, 15) is 9.59 Å². The number of Topliss-reactive ketones (excluding diaryl/α,β-unsaturated/α-hetero) is 1. The van der Waals surface area contributed by atoms with Gasteiger partial charge in [0, 0.05) is 6.42 Å². The van der Waals surface area contributed by atoms with Gasteiger partial charge in [-0.05, 0) is 54.9 Å². The Morgan fingerprint density at radius 3 is 2.46 bits per heavy atom. The van der Waals surface area contributed by atoms with Gasteiger partial charge in [0.05, 0.1) is 22.6 Å². The highest BCUT2D eigenvalue weighted by Crippen LogP contribution is 2.32. The fourth-order valence-electron chi connectivity index (χ4n) is 4.03. The molecule has 0 spiro atoms. The van der Waals surface area contributed by atoms with Crippen LogP contribution < -0.4 is 0 Å². The Bertz CT molecular complexity index is 988. The van der Waals surface area contributed by atoms with E-state index in [1.165, 1.54) is 5.56 Å². The number of benzene rings is 2. The third kappa shape index (κ3) is 4.30. The SMILES string of the molecule is O=C(Cc1nc2ccc(-c3ccccc3)cc2s1)CC1CCC(C(=O)O)CC1. The lowest BCUT2D eigenvalue weighted by Crippen LogP contribution is -2.23. The minimum Gasteiger partial charge on any atom is -0.481 e. The van der Waals surface area contributed by atoms with Gasteiger partial charge in [0.2, 0.25) is 0 Å². The third-order valence-electron chi connectivity index (χ3n) is 5.60. The molecular weight excluding hydrogens is 370 g/mol. The average molecular weight is 394 g/mol. The first-order valence-corrected chi connectivity index (χ1v) is 10.6. The molecule has 0 amide bonds. The van der Waals surface area contributed by atoms with Crippen molar-refractivity contribution in [1.29, 1.82) is 0 Å². The molecule has 0 aliphatic heterocycles. The zero-order valence-electron chi connectivity index (χ0n) is 15.6. The van der Waals surface area contributed by atoms with Gasteiger partial charge < -0.3 is 5.11 Å². The maximum atomic E-state index is 12.5. The predicted molar refractivity (Wildman–Crippen MR) is 111 cm³/mol. The molecule has 1 aliphatic rings. The van der Waals surface area contributed by atoms with Gasteiger partial charge in [0.15, 0.2) is 0 Å². The van der Waals surface area contributed by atoms with E-state index < -0.39 is 5.97 Å². The van der Waals surface area contributed by atoms with E-state index in [1.54, 1.807) is 11.3 Å². The van der Waals surface area contributed by atoms with Crippen LogP contribution in [0.3, 0.4) is 0 Å². The summed E-state index contributed by atoms with van der Waals surface area (Å²) >= 11 is 1.59. The monoisotopic (exact) mass is 393 g/mol. The zero-order chi connectivity index (χ0) is 19.5. The summed E-state index contributed by atoms with van der Waals surface area (Å²) in [7, 11) is 0. The molecular formula is C23H23NO3S. The van der Waals surface area contributed by atoms with Crippen LogP contribution in [-0.4, -0.2) is 21.8 Å².